The number of benzene rings is 2. The number of ether oxygens (including phenoxy) is 1. The average Bonchev–Trinajstić information content (AvgIpc) is 2.60. The summed E-state index contributed by atoms with van der Waals surface area (Å²) in [5, 5.41) is 3.92. The lowest BCUT2D eigenvalue weighted by atomic mass is 10.0. The summed E-state index contributed by atoms with van der Waals surface area (Å²) >= 11 is 12.2. The highest BCUT2D eigenvalue weighted by molar-refractivity contribution is 6.32. The van der Waals surface area contributed by atoms with Gasteiger partial charge in [0.1, 0.15) is 5.75 Å². The maximum Gasteiger partial charge on any atom is 0.270 e. The average molecular weight is 407 g/mol. The summed E-state index contributed by atoms with van der Waals surface area (Å²) in [6.45, 7) is 5.46. The molecule has 3 rings (SSSR count). The zero-order valence-corrected chi connectivity index (χ0v) is 16.8. The summed E-state index contributed by atoms with van der Waals surface area (Å²) < 4.78 is 5.78. The molecule has 1 heterocycles. The minimum absolute atomic E-state index is 0.125. The standard InChI is InChI=1S/C20H20Cl2N2O3/c1-12-14(22)5-4-6-15(12)23-18(25)9-10-24-16-11-13(21)7-8-17(16)27-20(2,3)19(24)26/h4-8,11H,9-10H2,1-3H3,(H,23,25). The molecule has 5 nitrogen and oxygen atoms in total. The molecule has 0 atom stereocenters. The Kier molecular flexibility index (Phi) is 5.36. The van der Waals surface area contributed by atoms with Gasteiger partial charge in [0.25, 0.3) is 5.91 Å². The van der Waals surface area contributed by atoms with Crippen molar-refractivity contribution in [3.63, 3.8) is 0 Å². The Labute approximate surface area is 168 Å². The number of nitrogens with zero attached hydrogens (tertiary/aromatic N) is 1. The molecule has 2 aromatic rings. The third-order valence-corrected chi connectivity index (χ3v) is 5.09. The van der Waals surface area contributed by atoms with Crippen molar-refractivity contribution in [2.45, 2.75) is 32.8 Å². The van der Waals surface area contributed by atoms with E-state index in [4.69, 9.17) is 27.9 Å². The Balaban J connectivity index is 1.76. The van der Waals surface area contributed by atoms with Crippen molar-refractivity contribution in [2.75, 3.05) is 16.8 Å². The van der Waals surface area contributed by atoms with Crippen LogP contribution in [0.5, 0.6) is 5.75 Å². The van der Waals surface area contributed by atoms with Gasteiger partial charge in [-0.1, -0.05) is 29.3 Å². The van der Waals surface area contributed by atoms with E-state index in [2.05, 4.69) is 5.32 Å². The van der Waals surface area contributed by atoms with Gasteiger partial charge in [-0.25, -0.2) is 0 Å². The number of halogens is 2. The first kappa shape index (κ1) is 19.5. The van der Waals surface area contributed by atoms with Crippen LogP contribution in [0.25, 0.3) is 0 Å². The SMILES string of the molecule is Cc1c(Cl)cccc1NC(=O)CCN1C(=O)C(C)(C)Oc2ccc(Cl)cc21. The van der Waals surface area contributed by atoms with Crippen molar-refractivity contribution in [3.8, 4) is 5.75 Å². The highest BCUT2D eigenvalue weighted by atomic mass is 35.5. The smallest absolute Gasteiger partial charge is 0.270 e. The minimum atomic E-state index is -1.01. The van der Waals surface area contributed by atoms with Crippen LogP contribution in [0.15, 0.2) is 36.4 Å². The normalized spacial score (nSPS) is 15.1. The lowest BCUT2D eigenvalue weighted by molar-refractivity contribution is -0.132. The summed E-state index contributed by atoms with van der Waals surface area (Å²) in [7, 11) is 0. The number of fused-ring (bicyclic) bond motifs is 1. The van der Waals surface area contributed by atoms with E-state index in [1.807, 2.05) is 6.92 Å². The molecule has 0 spiro atoms. The number of hydrogen-bond donors (Lipinski definition) is 1. The number of anilines is 2. The van der Waals surface area contributed by atoms with Crippen molar-refractivity contribution in [2.24, 2.45) is 0 Å². The number of rotatable bonds is 4. The van der Waals surface area contributed by atoms with E-state index < -0.39 is 5.60 Å². The van der Waals surface area contributed by atoms with Gasteiger partial charge in [0.15, 0.2) is 5.60 Å². The van der Waals surface area contributed by atoms with Gasteiger partial charge >= 0.3 is 0 Å². The predicted molar refractivity (Wildman–Crippen MR) is 108 cm³/mol. The maximum atomic E-state index is 12.8. The third kappa shape index (κ3) is 4.04. The molecule has 0 radical (unpaired) electrons. The minimum Gasteiger partial charge on any atom is -0.476 e. The summed E-state index contributed by atoms with van der Waals surface area (Å²) in [6, 6.07) is 10.4. The second-order valence-electron chi connectivity index (χ2n) is 6.89. The molecule has 0 unspecified atom stereocenters. The second kappa shape index (κ2) is 7.41. The van der Waals surface area contributed by atoms with Crippen molar-refractivity contribution >= 4 is 46.4 Å². The van der Waals surface area contributed by atoms with Gasteiger partial charge in [0.2, 0.25) is 5.91 Å². The first-order chi connectivity index (χ1) is 12.7. The molecule has 0 saturated carbocycles. The molecule has 2 aromatic carbocycles. The summed E-state index contributed by atoms with van der Waals surface area (Å²) in [5.74, 6) is 0.139. The Morgan fingerprint density at radius 3 is 2.70 bits per heavy atom. The van der Waals surface area contributed by atoms with Gasteiger partial charge < -0.3 is 15.0 Å². The van der Waals surface area contributed by atoms with E-state index in [-0.39, 0.29) is 24.8 Å². The van der Waals surface area contributed by atoms with Crippen molar-refractivity contribution in [1.82, 2.24) is 0 Å². The van der Waals surface area contributed by atoms with E-state index >= 15 is 0 Å². The van der Waals surface area contributed by atoms with Crippen LogP contribution in [0.2, 0.25) is 10.0 Å². The van der Waals surface area contributed by atoms with E-state index in [0.717, 1.165) is 5.56 Å². The Morgan fingerprint density at radius 1 is 1.22 bits per heavy atom. The molecule has 1 N–H and O–H groups in total. The highest BCUT2D eigenvalue weighted by Gasteiger charge is 2.40. The number of carbonyl (C=O) groups excluding carboxylic acids is 2. The van der Waals surface area contributed by atoms with Crippen LogP contribution < -0.4 is 15.0 Å². The molecule has 27 heavy (non-hydrogen) atoms. The molecule has 2 amide bonds. The van der Waals surface area contributed by atoms with Crippen LogP contribution in [-0.4, -0.2) is 24.0 Å². The van der Waals surface area contributed by atoms with E-state index in [1.54, 1.807) is 55.1 Å². The zero-order chi connectivity index (χ0) is 19.8. The quantitative estimate of drug-likeness (QED) is 0.790. The lowest BCUT2D eigenvalue weighted by Crippen LogP contribution is -2.53. The molecule has 0 fully saturated rings. The van der Waals surface area contributed by atoms with Gasteiger partial charge in [0.05, 0.1) is 5.69 Å². The Hall–Kier alpha value is -2.24. The summed E-state index contributed by atoms with van der Waals surface area (Å²) in [5.41, 5.74) is 1.01. The molecule has 1 aliphatic heterocycles. The largest absolute Gasteiger partial charge is 0.476 e. The summed E-state index contributed by atoms with van der Waals surface area (Å²) in [6.07, 6.45) is 0.125. The van der Waals surface area contributed by atoms with Crippen LogP contribution in [0.1, 0.15) is 25.8 Å². The van der Waals surface area contributed by atoms with Gasteiger partial charge in [-0.2, -0.15) is 0 Å². The topological polar surface area (TPSA) is 58.6 Å². The third-order valence-electron chi connectivity index (χ3n) is 4.44. The van der Waals surface area contributed by atoms with Crippen LogP contribution in [0, 0.1) is 6.92 Å². The highest BCUT2D eigenvalue weighted by Crippen LogP contribution is 2.39. The molecule has 0 aromatic heterocycles. The fraction of sp³-hybridized carbons (Fsp3) is 0.300. The first-order valence-electron chi connectivity index (χ1n) is 8.54. The Morgan fingerprint density at radius 2 is 1.96 bits per heavy atom. The number of nitrogens with one attached hydrogen (secondary N) is 1. The van der Waals surface area contributed by atoms with Crippen LogP contribution in [-0.2, 0) is 9.59 Å². The van der Waals surface area contributed by atoms with Gasteiger partial charge in [-0.15, -0.1) is 0 Å². The van der Waals surface area contributed by atoms with Crippen molar-refractivity contribution in [1.29, 1.82) is 0 Å². The molecule has 0 saturated heterocycles. The van der Waals surface area contributed by atoms with Gasteiger partial charge in [0, 0.05) is 28.7 Å². The molecular weight excluding hydrogens is 387 g/mol. The van der Waals surface area contributed by atoms with Crippen molar-refractivity contribution < 1.29 is 14.3 Å². The summed E-state index contributed by atoms with van der Waals surface area (Å²) in [4.78, 5) is 26.8. The van der Waals surface area contributed by atoms with Crippen LogP contribution in [0.4, 0.5) is 11.4 Å². The fourth-order valence-electron chi connectivity index (χ4n) is 2.93. The van der Waals surface area contributed by atoms with Crippen LogP contribution in [0.3, 0.4) is 0 Å². The van der Waals surface area contributed by atoms with Crippen molar-refractivity contribution in [3.05, 3.63) is 52.0 Å². The molecule has 1 aliphatic rings. The molecule has 7 heteroatoms. The van der Waals surface area contributed by atoms with E-state index in [1.165, 1.54) is 0 Å². The Bertz CT molecular complexity index is 912. The monoisotopic (exact) mass is 406 g/mol. The predicted octanol–water partition coefficient (Wildman–Crippen LogP) is 4.83. The van der Waals surface area contributed by atoms with Crippen LogP contribution >= 0.6 is 23.2 Å². The zero-order valence-electron chi connectivity index (χ0n) is 15.3. The maximum absolute atomic E-state index is 12.8. The number of hydrogen-bond acceptors (Lipinski definition) is 3. The molecule has 0 bridgehead atoms. The van der Waals surface area contributed by atoms with E-state index in [0.29, 0.717) is 27.2 Å². The number of amides is 2. The second-order valence-corrected chi connectivity index (χ2v) is 7.74. The van der Waals surface area contributed by atoms with Gasteiger partial charge in [-0.05, 0) is 56.7 Å². The molecule has 142 valence electrons. The molecular formula is C20H20Cl2N2O3. The number of carbonyl (C=O) groups is 2. The van der Waals surface area contributed by atoms with E-state index in [9.17, 15) is 9.59 Å². The fourth-order valence-corrected chi connectivity index (χ4v) is 3.27. The lowest BCUT2D eigenvalue weighted by Gasteiger charge is -2.38. The first-order valence-corrected chi connectivity index (χ1v) is 9.30. The van der Waals surface area contributed by atoms with Gasteiger partial charge in [-0.3, -0.25) is 9.59 Å². The molecule has 0 aliphatic carbocycles.